The van der Waals surface area contributed by atoms with Gasteiger partial charge in [0.15, 0.2) is 0 Å². The summed E-state index contributed by atoms with van der Waals surface area (Å²) in [6.07, 6.45) is 6.32. The first kappa shape index (κ1) is 12.1. The molecule has 0 unspecified atom stereocenters. The van der Waals surface area contributed by atoms with Crippen molar-refractivity contribution in [2.75, 3.05) is 7.11 Å². The monoisotopic (exact) mass is 251 g/mol. The topological polar surface area (TPSA) is 39.2 Å². The van der Waals surface area contributed by atoms with E-state index in [-0.39, 0.29) is 11.9 Å². The third-order valence-electron chi connectivity index (χ3n) is 3.04. The zero-order valence-electron chi connectivity index (χ0n) is 9.65. The Morgan fingerprint density at radius 3 is 2.88 bits per heavy atom. The number of rotatable bonds is 2. The maximum atomic E-state index is 11.4. The Morgan fingerprint density at radius 2 is 2.35 bits per heavy atom. The molecule has 3 nitrogen and oxygen atoms in total. The van der Waals surface area contributed by atoms with Gasteiger partial charge >= 0.3 is 5.97 Å². The molecular weight excluding hydrogens is 238 g/mol. The number of allylic oxidation sites excluding steroid dienone is 2. The molecular formula is C13H14ClNO2. The number of nitrogens with zero attached hydrogens (tertiary/aromatic N) is 1. The molecule has 1 aliphatic rings. The minimum absolute atomic E-state index is 0.00371. The lowest BCUT2D eigenvalue weighted by Gasteiger charge is -2.19. The lowest BCUT2D eigenvalue weighted by Crippen LogP contribution is -2.18. The van der Waals surface area contributed by atoms with Crippen LogP contribution in [0.4, 0.5) is 0 Å². The molecule has 0 N–H and O–H groups in total. The molecule has 0 amide bonds. The minimum Gasteiger partial charge on any atom is -0.469 e. The predicted molar refractivity (Wildman–Crippen MR) is 66.6 cm³/mol. The van der Waals surface area contributed by atoms with Crippen LogP contribution in [-0.4, -0.2) is 18.1 Å². The Balaban J connectivity index is 2.08. The molecule has 0 fully saturated rings. The lowest BCUT2D eigenvalue weighted by molar-refractivity contribution is -0.145. The van der Waals surface area contributed by atoms with Crippen LogP contribution < -0.4 is 0 Å². The number of carbonyl (C=O) groups excluding carboxylic acids is 1. The van der Waals surface area contributed by atoms with Crippen LogP contribution in [0.15, 0.2) is 24.4 Å². The number of methoxy groups -OCH3 is 1. The molecule has 0 aromatic carbocycles. The van der Waals surface area contributed by atoms with Crippen LogP contribution in [0, 0.1) is 5.92 Å². The largest absolute Gasteiger partial charge is 0.469 e. The zero-order chi connectivity index (χ0) is 12.3. The van der Waals surface area contributed by atoms with Gasteiger partial charge in [-0.3, -0.25) is 4.79 Å². The van der Waals surface area contributed by atoms with E-state index in [1.807, 2.05) is 6.07 Å². The first-order valence-corrected chi connectivity index (χ1v) is 5.97. The number of carbonyl (C=O) groups is 1. The minimum atomic E-state index is -0.116. The van der Waals surface area contributed by atoms with E-state index in [0.717, 1.165) is 24.8 Å². The second-order valence-electron chi connectivity index (χ2n) is 4.09. The van der Waals surface area contributed by atoms with E-state index in [2.05, 4.69) is 11.1 Å². The summed E-state index contributed by atoms with van der Waals surface area (Å²) >= 11 is 5.74. The maximum absolute atomic E-state index is 11.4. The molecule has 0 spiro atoms. The maximum Gasteiger partial charge on any atom is 0.308 e. The summed E-state index contributed by atoms with van der Waals surface area (Å²) in [5.74, 6) is -0.112. The third kappa shape index (κ3) is 2.86. The standard InChI is InChI=1S/C13H14ClNO2/c1-17-13(16)10-4-2-9(3-5-10)11-6-7-12(14)15-8-11/h2,6-8,10H,3-5H2,1H3/t10-/m1/s1. The van der Waals surface area contributed by atoms with Gasteiger partial charge in [-0.25, -0.2) is 4.98 Å². The predicted octanol–water partition coefficient (Wildman–Crippen LogP) is 3.09. The van der Waals surface area contributed by atoms with Gasteiger partial charge in [-0.2, -0.15) is 0 Å². The molecule has 0 radical (unpaired) electrons. The Morgan fingerprint density at radius 1 is 1.53 bits per heavy atom. The second-order valence-corrected chi connectivity index (χ2v) is 4.48. The normalized spacial score (nSPS) is 19.6. The van der Waals surface area contributed by atoms with E-state index in [4.69, 9.17) is 16.3 Å². The summed E-state index contributed by atoms with van der Waals surface area (Å²) < 4.78 is 4.75. The summed E-state index contributed by atoms with van der Waals surface area (Å²) in [4.78, 5) is 15.4. The Bertz CT molecular complexity index is 439. The summed E-state index contributed by atoms with van der Waals surface area (Å²) in [6.45, 7) is 0. The van der Waals surface area contributed by atoms with Gasteiger partial charge in [-0.1, -0.05) is 23.7 Å². The number of hydrogen-bond donors (Lipinski definition) is 0. The number of aromatic nitrogens is 1. The van der Waals surface area contributed by atoms with Crippen molar-refractivity contribution in [1.82, 2.24) is 4.98 Å². The van der Waals surface area contributed by atoms with Gasteiger partial charge < -0.3 is 4.74 Å². The number of halogens is 1. The average molecular weight is 252 g/mol. The van der Waals surface area contributed by atoms with Crippen molar-refractivity contribution < 1.29 is 9.53 Å². The van der Waals surface area contributed by atoms with Gasteiger partial charge in [-0.05, 0) is 36.5 Å². The molecule has 90 valence electrons. The SMILES string of the molecule is COC(=O)[C@@H]1CC=C(c2ccc(Cl)nc2)CC1. The van der Waals surface area contributed by atoms with Gasteiger partial charge in [0, 0.05) is 6.20 Å². The van der Waals surface area contributed by atoms with E-state index < -0.39 is 0 Å². The molecule has 4 heteroatoms. The first-order chi connectivity index (χ1) is 8.20. The molecule has 1 aliphatic carbocycles. The molecule has 2 rings (SSSR count). The van der Waals surface area contributed by atoms with E-state index in [1.165, 1.54) is 12.7 Å². The lowest BCUT2D eigenvalue weighted by atomic mass is 9.87. The summed E-state index contributed by atoms with van der Waals surface area (Å²) in [6, 6.07) is 3.74. The fraction of sp³-hybridized carbons (Fsp3) is 0.385. The van der Waals surface area contributed by atoms with Gasteiger partial charge in [-0.15, -0.1) is 0 Å². The van der Waals surface area contributed by atoms with E-state index in [1.54, 1.807) is 12.3 Å². The molecule has 0 saturated carbocycles. The van der Waals surface area contributed by atoms with Crippen LogP contribution in [-0.2, 0) is 9.53 Å². The molecule has 17 heavy (non-hydrogen) atoms. The Labute approximate surface area is 105 Å². The Hall–Kier alpha value is -1.35. The molecule has 1 atom stereocenters. The fourth-order valence-corrected chi connectivity index (χ4v) is 2.15. The molecule has 0 aliphatic heterocycles. The summed E-state index contributed by atoms with van der Waals surface area (Å²) in [5, 5.41) is 0.498. The van der Waals surface area contributed by atoms with Crippen molar-refractivity contribution in [3.8, 4) is 0 Å². The van der Waals surface area contributed by atoms with Crippen molar-refractivity contribution in [3.63, 3.8) is 0 Å². The van der Waals surface area contributed by atoms with Crippen molar-refractivity contribution in [2.45, 2.75) is 19.3 Å². The van der Waals surface area contributed by atoms with Crippen LogP contribution in [0.25, 0.3) is 5.57 Å². The highest BCUT2D eigenvalue weighted by Crippen LogP contribution is 2.30. The quantitative estimate of drug-likeness (QED) is 0.599. The van der Waals surface area contributed by atoms with E-state index in [0.29, 0.717) is 5.15 Å². The average Bonchev–Trinajstić information content (AvgIpc) is 2.39. The molecule has 1 heterocycles. The van der Waals surface area contributed by atoms with Crippen LogP contribution in [0.1, 0.15) is 24.8 Å². The highest BCUT2D eigenvalue weighted by molar-refractivity contribution is 6.29. The molecule has 1 aromatic heterocycles. The smallest absolute Gasteiger partial charge is 0.308 e. The van der Waals surface area contributed by atoms with Crippen LogP contribution in [0.3, 0.4) is 0 Å². The highest BCUT2D eigenvalue weighted by Gasteiger charge is 2.22. The molecule has 0 bridgehead atoms. The van der Waals surface area contributed by atoms with Crippen molar-refractivity contribution >= 4 is 23.1 Å². The van der Waals surface area contributed by atoms with Crippen molar-refractivity contribution in [3.05, 3.63) is 35.1 Å². The number of pyridine rings is 1. The van der Waals surface area contributed by atoms with E-state index >= 15 is 0 Å². The van der Waals surface area contributed by atoms with Crippen LogP contribution >= 0.6 is 11.6 Å². The summed E-state index contributed by atoms with van der Waals surface area (Å²) in [5.41, 5.74) is 2.31. The van der Waals surface area contributed by atoms with Gasteiger partial charge in [0.05, 0.1) is 13.0 Å². The first-order valence-electron chi connectivity index (χ1n) is 5.59. The number of esters is 1. The van der Waals surface area contributed by atoms with Crippen LogP contribution in [0.2, 0.25) is 5.15 Å². The van der Waals surface area contributed by atoms with Crippen LogP contribution in [0.5, 0.6) is 0 Å². The molecule has 1 aromatic rings. The highest BCUT2D eigenvalue weighted by atomic mass is 35.5. The van der Waals surface area contributed by atoms with E-state index in [9.17, 15) is 4.79 Å². The Kier molecular flexibility index (Phi) is 3.79. The summed E-state index contributed by atoms with van der Waals surface area (Å²) in [7, 11) is 1.44. The van der Waals surface area contributed by atoms with Crippen molar-refractivity contribution in [1.29, 1.82) is 0 Å². The molecule has 0 saturated heterocycles. The third-order valence-corrected chi connectivity index (χ3v) is 3.27. The number of ether oxygens (including phenoxy) is 1. The zero-order valence-corrected chi connectivity index (χ0v) is 10.4. The van der Waals surface area contributed by atoms with Gasteiger partial charge in [0.1, 0.15) is 5.15 Å². The van der Waals surface area contributed by atoms with Crippen molar-refractivity contribution in [2.24, 2.45) is 5.92 Å². The second kappa shape index (κ2) is 5.32. The fourth-order valence-electron chi connectivity index (χ4n) is 2.04. The number of hydrogen-bond acceptors (Lipinski definition) is 3. The van der Waals surface area contributed by atoms with Gasteiger partial charge in [0.25, 0.3) is 0 Å². The van der Waals surface area contributed by atoms with Gasteiger partial charge in [0.2, 0.25) is 0 Å².